The summed E-state index contributed by atoms with van der Waals surface area (Å²) in [5.41, 5.74) is 0. The molecule has 0 bridgehead atoms. The number of piperidine rings is 1. The van der Waals surface area contributed by atoms with Crippen molar-refractivity contribution in [3.63, 3.8) is 0 Å². The Balaban J connectivity index is 0.00000137. The zero-order chi connectivity index (χ0) is 13.6. The van der Waals surface area contributed by atoms with E-state index in [2.05, 4.69) is 13.8 Å². The highest BCUT2D eigenvalue weighted by atomic mass is 15.2. The average molecular weight is 252 g/mol. The van der Waals surface area contributed by atoms with Crippen molar-refractivity contribution in [3.05, 3.63) is 6.57 Å². The second kappa shape index (κ2) is 12.9. The predicted octanol–water partition coefficient (Wildman–Crippen LogP) is 3.29. The van der Waals surface area contributed by atoms with Crippen molar-refractivity contribution < 1.29 is 4.90 Å². The maximum Gasteiger partial charge on any atom is 0.0874 e. The minimum Gasteiger partial charge on any atom is -0.512 e. The van der Waals surface area contributed by atoms with Crippen LogP contribution in [-0.2, 0) is 0 Å². The Bertz CT molecular complexity index is 189. The lowest BCUT2D eigenvalue weighted by atomic mass is 9.97. The molecule has 1 aliphatic rings. The number of nitrogens with zero attached hydrogens (tertiary/aromatic N) is 1. The first kappa shape index (κ1) is 17.4. The van der Waals surface area contributed by atoms with Crippen molar-refractivity contribution in [1.29, 1.82) is 5.26 Å². The van der Waals surface area contributed by atoms with Gasteiger partial charge in [-0.05, 0) is 44.9 Å². The topological polar surface area (TPSA) is 28.2 Å². The van der Waals surface area contributed by atoms with Gasteiger partial charge in [-0.3, -0.25) is 0 Å². The van der Waals surface area contributed by atoms with E-state index in [0.717, 1.165) is 6.04 Å². The molecule has 2 nitrogen and oxygen atoms in total. The van der Waals surface area contributed by atoms with Gasteiger partial charge in [0.05, 0.1) is 19.1 Å². The largest absolute Gasteiger partial charge is 0.512 e. The molecule has 1 heterocycles. The fourth-order valence-electron chi connectivity index (χ4n) is 3.06. The van der Waals surface area contributed by atoms with E-state index in [1.54, 1.807) is 0 Å². The Kier molecular flexibility index (Phi) is 12.5. The summed E-state index contributed by atoms with van der Waals surface area (Å²) in [4.78, 5) is 1.94. The summed E-state index contributed by atoms with van der Waals surface area (Å²) in [6.45, 7) is 12.3. The fourth-order valence-corrected chi connectivity index (χ4v) is 3.06. The number of hydrogen-bond acceptors (Lipinski definition) is 1. The van der Waals surface area contributed by atoms with Crippen LogP contribution >= 0.6 is 0 Å². The van der Waals surface area contributed by atoms with Crippen molar-refractivity contribution >= 4 is 0 Å². The lowest BCUT2D eigenvalue weighted by Gasteiger charge is -2.32. The Morgan fingerprint density at radius 3 is 2.39 bits per heavy atom. The molecule has 0 aromatic carbocycles. The quantitative estimate of drug-likeness (QED) is 0.521. The molecule has 0 aliphatic carbocycles. The van der Waals surface area contributed by atoms with Crippen LogP contribution in [0.3, 0.4) is 0 Å². The van der Waals surface area contributed by atoms with Gasteiger partial charge in [-0.15, -0.1) is 0 Å². The lowest BCUT2D eigenvalue weighted by Crippen LogP contribution is -3.16. The molecule has 1 fully saturated rings. The minimum atomic E-state index is 1.01. The second-order valence-electron chi connectivity index (χ2n) is 5.55. The van der Waals surface area contributed by atoms with E-state index in [-0.39, 0.29) is 0 Å². The molecule has 0 amide bonds. The van der Waals surface area contributed by atoms with Crippen LogP contribution in [0.25, 0.3) is 0 Å². The first-order valence-corrected chi connectivity index (χ1v) is 7.95. The number of hydrogen-bond donors (Lipinski definition) is 1. The molecule has 1 saturated heterocycles. The molecule has 0 radical (unpaired) electrons. The Hall–Kier alpha value is -0.550. The molecule has 0 saturated carbocycles. The predicted molar refractivity (Wildman–Crippen MR) is 77.0 cm³/mol. The van der Waals surface area contributed by atoms with E-state index in [0.29, 0.717) is 0 Å². The smallest absolute Gasteiger partial charge is 0.0874 e. The van der Waals surface area contributed by atoms with Crippen LogP contribution in [0, 0.1) is 11.8 Å². The molecule has 18 heavy (non-hydrogen) atoms. The first-order valence-electron chi connectivity index (χ1n) is 7.95. The maximum absolute atomic E-state index is 6.25. The Labute approximate surface area is 114 Å². The summed E-state index contributed by atoms with van der Waals surface area (Å²) < 4.78 is 0. The summed E-state index contributed by atoms with van der Waals surface area (Å²) in [6.07, 6.45) is 14.5. The SMILES string of the molecule is CCCCCC[NH+]1CCCCC1CCCC.[C-]#N. The van der Waals surface area contributed by atoms with Gasteiger partial charge in [-0.25, -0.2) is 0 Å². The zero-order valence-corrected chi connectivity index (χ0v) is 12.5. The molecule has 1 aliphatic heterocycles. The highest BCUT2D eigenvalue weighted by Gasteiger charge is 2.24. The third-order valence-electron chi connectivity index (χ3n) is 4.14. The molecule has 1 N–H and O–H groups in total. The minimum absolute atomic E-state index is 1.01. The Morgan fingerprint density at radius 1 is 1.00 bits per heavy atom. The van der Waals surface area contributed by atoms with Gasteiger partial charge in [0.2, 0.25) is 0 Å². The van der Waals surface area contributed by atoms with E-state index >= 15 is 0 Å². The molecule has 2 heteroatoms. The van der Waals surface area contributed by atoms with Gasteiger partial charge in [0.25, 0.3) is 0 Å². The lowest BCUT2D eigenvalue weighted by molar-refractivity contribution is -0.931. The molecule has 2 atom stereocenters. The van der Waals surface area contributed by atoms with Gasteiger partial charge in [0, 0.05) is 0 Å². The number of nitrogens with one attached hydrogen (secondary N) is 1. The average Bonchev–Trinajstić information content (AvgIpc) is 2.44. The number of rotatable bonds is 8. The van der Waals surface area contributed by atoms with Crippen LogP contribution in [0.5, 0.6) is 0 Å². The van der Waals surface area contributed by atoms with Crippen LogP contribution in [0.15, 0.2) is 0 Å². The van der Waals surface area contributed by atoms with Gasteiger partial charge < -0.3 is 16.7 Å². The second-order valence-corrected chi connectivity index (χ2v) is 5.55. The number of unbranched alkanes of at least 4 members (excludes halogenated alkanes) is 4. The fraction of sp³-hybridized carbons (Fsp3) is 0.938. The number of quaternary nitrogens is 1. The van der Waals surface area contributed by atoms with E-state index in [1.165, 1.54) is 77.3 Å². The normalized spacial score (nSPS) is 23.1. The number of likely N-dealkylation sites (tertiary alicyclic amines) is 1. The molecular weight excluding hydrogens is 220 g/mol. The summed E-state index contributed by atoms with van der Waals surface area (Å²) >= 11 is 0. The van der Waals surface area contributed by atoms with E-state index in [1.807, 2.05) is 4.90 Å². The van der Waals surface area contributed by atoms with E-state index in [9.17, 15) is 0 Å². The monoisotopic (exact) mass is 252 g/mol. The third-order valence-corrected chi connectivity index (χ3v) is 4.14. The molecule has 1 rings (SSSR count). The van der Waals surface area contributed by atoms with Crippen LogP contribution in [-0.4, -0.2) is 19.1 Å². The third kappa shape index (κ3) is 7.71. The van der Waals surface area contributed by atoms with Crippen LogP contribution in [0.2, 0.25) is 0 Å². The molecular formula is C16H32N2. The van der Waals surface area contributed by atoms with Crippen LogP contribution in [0.4, 0.5) is 0 Å². The van der Waals surface area contributed by atoms with Gasteiger partial charge >= 0.3 is 0 Å². The Morgan fingerprint density at radius 2 is 1.72 bits per heavy atom. The molecule has 0 aromatic rings. The van der Waals surface area contributed by atoms with Crippen LogP contribution < -0.4 is 4.90 Å². The van der Waals surface area contributed by atoms with Crippen molar-refractivity contribution in [2.24, 2.45) is 0 Å². The highest BCUT2D eigenvalue weighted by Crippen LogP contribution is 2.09. The molecule has 0 spiro atoms. The van der Waals surface area contributed by atoms with Crippen molar-refractivity contribution in [1.82, 2.24) is 0 Å². The van der Waals surface area contributed by atoms with Crippen molar-refractivity contribution in [2.45, 2.75) is 84.1 Å². The summed E-state index contributed by atoms with van der Waals surface area (Å²) in [5.74, 6) is 0. The van der Waals surface area contributed by atoms with Crippen LogP contribution in [0.1, 0.15) is 78.1 Å². The van der Waals surface area contributed by atoms with E-state index in [4.69, 9.17) is 11.8 Å². The molecule has 2 unspecified atom stereocenters. The standard InChI is InChI=1S/C15H31N.CN/c1-3-5-7-9-13-16-14-10-8-12-15(16)11-6-4-2;1-2/h15H,3-14H2,1-2H3;/q;-1/p+1. The first-order chi connectivity index (χ1) is 8.88. The highest BCUT2D eigenvalue weighted by molar-refractivity contribution is 4.61. The van der Waals surface area contributed by atoms with Gasteiger partial charge in [-0.1, -0.05) is 33.1 Å². The molecule has 0 aromatic heterocycles. The van der Waals surface area contributed by atoms with Crippen molar-refractivity contribution in [2.75, 3.05) is 13.1 Å². The van der Waals surface area contributed by atoms with Gasteiger partial charge in [0.1, 0.15) is 0 Å². The summed E-state index contributed by atoms with van der Waals surface area (Å²) in [6, 6.07) is 1.01. The molecule has 106 valence electrons. The summed E-state index contributed by atoms with van der Waals surface area (Å²) in [5, 5.41) is 6.25. The van der Waals surface area contributed by atoms with Crippen molar-refractivity contribution in [3.8, 4) is 0 Å². The van der Waals surface area contributed by atoms with Gasteiger partial charge in [-0.2, -0.15) is 0 Å². The van der Waals surface area contributed by atoms with Gasteiger partial charge in [0.15, 0.2) is 0 Å². The zero-order valence-electron chi connectivity index (χ0n) is 12.5. The summed E-state index contributed by atoms with van der Waals surface area (Å²) in [7, 11) is 0. The van der Waals surface area contributed by atoms with E-state index < -0.39 is 0 Å². The maximum atomic E-state index is 6.25.